The second-order valence-corrected chi connectivity index (χ2v) is 33.1. The molecule has 16 heteroatoms. The topological polar surface area (TPSA) is 80.3 Å². The van der Waals surface area contributed by atoms with Crippen LogP contribution in [0, 0.1) is 0 Å². The zero-order chi connectivity index (χ0) is 73.6. The summed E-state index contributed by atoms with van der Waals surface area (Å²) in [5, 5.41) is 44.2. The summed E-state index contributed by atoms with van der Waals surface area (Å²) in [6.07, 6.45) is -10.4. The first-order valence-electron chi connectivity index (χ1n) is 33.9. The Kier molecular flexibility index (Phi) is 27.1. The number of carboxylic acid groups (broad SMARTS) is 2. The molecule has 4 nitrogen and oxygen atoms in total. The summed E-state index contributed by atoms with van der Waals surface area (Å²) in [6.45, 7) is 0. The summed E-state index contributed by atoms with van der Waals surface area (Å²) in [4.78, 5) is 17.6. The van der Waals surface area contributed by atoms with Crippen LogP contribution in [0.25, 0.3) is 65.3 Å². The van der Waals surface area contributed by atoms with Gasteiger partial charge in [0.05, 0.1) is 0 Å². The minimum absolute atomic E-state index is 0. The molecule has 0 saturated carbocycles. The van der Waals surface area contributed by atoms with E-state index in [1.54, 1.807) is 0 Å². The molecule has 0 unspecified atom stereocenters. The number of carbonyl (C=O) groups excluding carboxylic acids is 2. The Morgan fingerprint density at radius 1 is 0.204 bits per heavy atom. The van der Waals surface area contributed by atoms with Gasteiger partial charge in [0.15, 0.2) is 0 Å². The molecule has 0 aliphatic carbocycles. The smallest absolute Gasteiger partial charge is 0.542 e. The number of aliphatic carboxylic acids is 2. The summed E-state index contributed by atoms with van der Waals surface area (Å²) in [7, 11) is -3.41. The largest absolute Gasteiger partial charge is 1.00 e. The molecule has 0 N–H and O–H groups in total. The molecule has 0 radical (unpaired) electrons. The first kappa shape index (κ1) is 79.3. The molecule has 540 valence electrons. The first-order valence-corrected chi connectivity index (χ1v) is 39.2. The molecule has 0 fully saturated rings. The van der Waals surface area contributed by atoms with Gasteiger partial charge >= 0.3 is 57.1 Å². The number of hydrogen-bond donors (Lipinski definition) is 0. The maximum atomic E-state index is 10.5. The maximum absolute atomic E-state index is 10.5. The summed E-state index contributed by atoms with van der Waals surface area (Å²) < 4.78 is 63.1. The van der Waals surface area contributed by atoms with Crippen molar-refractivity contribution in [3.8, 4) is 22.3 Å². The third-order valence-electron chi connectivity index (χ3n) is 17.7. The number of hydrogen-bond acceptors (Lipinski definition) is 4. The van der Waals surface area contributed by atoms with Gasteiger partial charge in [0.2, 0.25) is 0 Å². The Labute approximate surface area is 658 Å². The average molecular weight is 1870 g/mol. The van der Waals surface area contributed by atoms with Crippen LogP contribution in [0.15, 0.2) is 388 Å². The van der Waals surface area contributed by atoms with Gasteiger partial charge in [-0.05, 0) is 161 Å². The van der Waals surface area contributed by atoms with Crippen LogP contribution in [0.5, 0.6) is 0 Å². The van der Waals surface area contributed by atoms with Crippen LogP contribution in [0.4, 0.5) is 26.3 Å². The van der Waals surface area contributed by atoms with Gasteiger partial charge in [0, 0.05) is 0 Å². The van der Waals surface area contributed by atoms with Gasteiger partial charge in [-0.2, -0.15) is 26.3 Å². The SMILES string of the molecule is O=C([O-])C(F)(F)F.O=C([O-])C(F)(F)F.[Au+].[Au+].c1ccc(P(c2ccccc2)c2ccc3ccccc3c2-c2c(P(c3ccccc3)c3ccccc3)ccc3ccccc23)cc1.c1ccc(P(c2ccccc2)c2ccc3ccccc3c2-c2c(P(c3ccccc3)c3ccccc3)ccc3ccccc23)cc1. The van der Waals surface area contributed by atoms with E-state index in [0.717, 1.165) is 0 Å². The number of carbonyl (C=O) groups is 2. The number of carboxylic acids is 2. The Morgan fingerprint density at radius 3 is 0.472 bits per heavy atom. The number of benzene rings is 16. The van der Waals surface area contributed by atoms with Crippen LogP contribution in [-0.2, 0) is 54.3 Å². The van der Waals surface area contributed by atoms with Gasteiger partial charge in [-0.25, -0.2) is 0 Å². The van der Waals surface area contributed by atoms with Crippen molar-refractivity contribution in [2.24, 2.45) is 0 Å². The first-order chi connectivity index (χ1) is 51.6. The zero-order valence-electron chi connectivity index (χ0n) is 57.2. The van der Waals surface area contributed by atoms with E-state index in [1.807, 2.05) is 0 Å². The van der Waals surface area contributed by atoms with E-state index in [2.05, 4.69) is 388 Å². The molecule has 0 atom stereocenters. The summed E-state index contributed by atoms with van der Waals surface area (Å²) in [5.41, 5.74) is 5.40. The van der Waals surface area contributed by atoms with Gasteiger partial charge in [0.25, 0.3) is 0 Å². The van der Waals surface area contributed by atoms with Gasteiger partial charge < -0.3 is 19.8 Å². The average Bonchev–Trinajstić information content (AvgIpc) is 0.737. The van der Waals surface area contributed by atoms with Crippen LogP contribution < -0.4 is 73.9 Å². The zero-order valence-corrected chi connectivity index (χ0v) is 65.2. The van der Waals surface area contributed by atoms with E-state index in [9.17, 15) is 26.3 Å². The van der Waals surface area contributed by atoms with E-state index in [0.29, 0.717) is 0 Å². The number of alkyl halides is 6. The molecule has 0 amide bonds. The normalized spacial score (nSPS) is 11.2. The minimum atomic E-state index is -5.19. The van der Waals surface area contributed by atoms with Gasteiger partial charge in [-0.1, -0.05) is 388 Å². The molecule has 0 aromatic heterocycles. The summed E-state index contributed by atoms with van der Waals surface area (Å²) >= 11 is 0. The molecule has 0 heterocycles. The van der Waals surface area contributed by atoms with E-state index < -0.39 is 56.0 Å². The maximum Gasteiger partial charge on any atom is 1.00 e. The van der Waals surface area contributed by atoms with Crippen molar-refractivity contribution in [2.75, 3.05) is 0 Å². The van der Waals surface area contributed by atoms with Crippen molar-refractivity contribution < 1.29 is 90.9 Å². The van der Waals surface area contributed by atoms with E-state index in [-0.39, 0.29) is 44.8 Å². The fourth-order valence-corrected chi connectivity index (χ4v) is 23.1. The second-order valence-electron chi connectivity index (χ2n) is 24.3. The van der Waals surface area contributed by atoms with Crippen LogP contribution in [0.3, 0.4) is 0 Å². The predicted molar refractivity (Wildman–Crippen MR) is 431 cm³/mol. The number of halogens is 6. The molecule has 108 heavy (non-hydrogen) atoms. The Bertz CT molecular complexity index is 4830. The minimum Gasteiger partial charge on any atom is -0.542 e. The van der Waals surface area contributed by atoms with Crippen molar-refractivity contribution in [2.45, 2.75) is 12.4 Å². The van der Waals surface area contributed by atoms with Crippen LogP contribution in [-0.4, -0.2) is 24.3 Å². The van der Waals surface area contributed by atoms with E-state index >= 15 is 0 Å². The third kappa shape index (κ3) is 18.3. The molecule has 0 aliphatic rings. The predicted octanol–water partition coefficient (Wildman–Crippen LogP) is 16.9. The molecule has 0 spiro atoms. The molecule has 0 bridgehead atoms. The van der Waals surface area contributed by atoms with Gasteiger partial charge in [0.1, 0.15) is 11.9 Å². The van der Waals surface area contributed by atoms with Gasteiger partial charge in [-0.3, -0.25) is 0 Å². The quantitative estimate of drug-likeness (QED) is 0.0617. The van der Waals surface area contributed by atoms with Crippen LogP contribution >= 0.6 is 31.7 Å². The monoisotopic (exact) mass is 1860 g/mol. The van der Waals surface area contributed by atoms with Crippen molar-refractivity contribution in [1.82, 2.24) is 0 Å². The van der Waals surface area contributed by atoms with Crippen LogP contribution in [0.1, 0.15) is 0 Å². The van der Waals surface area contributed by atoms with Crippen molar-refractivity contribution in [3.05, 3.63) is 388 Å². The van der Waals surface area contributed by atoms with Gasteiger partial charge in [-0.15, -0.1) is 0 Å². The molecule has 16 rings (SSSR count). The molecule has 0 aliphatic heterocycles. The fourth-order valence-electron chi connectivity index (χ4n) is 13.2. The standard InChI is InChI=1S/2C44H32P2.2C2HF3O2.2Au/c2*1-5-19-35(20-6-1)45(36-21-7-2-8-22-36)41-31-29-33-17-13-15-27-39(33)43(41)44-40-28-16-14-18-34(40)30-32-42(44)46(37-23-9-3-10-24-37)38-25-11-4-12-26-38;2*3-2(4,5)1(6)7;;/h2*1-32H;2*(H,6,7);;/q;;;;2*+1/p-2. The Hall–Kier alpha value is -9.72. The molecular weight excluding hydrogens is 1800 g/mol. The van der Waals surface area contributed by atoms with E-state index in [1.165, 1.54) is 129 Å². The molecule has 16 aromatic rings. The number of fused-ring (bicyclic) bond motifs is 4. The van der Waals surface area contributed by atoms with Crippen molar-refractivity contribution >= 4 is 150 Å². The molecule has 16 aromatic carbocycles. The molecule has 0 saturated heterocycles. The summed E-state index contributed by atoms with van der Waals surface area (Å²) in [5.74, 6) is -6.01. The van der Waals surface area contributed by atoms with Crippen molar-refractivity contribution in [1.29, 1.82) is 0 Å². The second kappa shape index (κ2) is 36.9. The summed E-state index contributed by atoms with van der Waals surface area (Å²) in [6, 6.07) is 144. The van der Waals surface area contributed by atoms with Crippen LogP contribution in [0.2, 0.25) is 0 Å². The molecular formula is C92H64Au2F6O4P4. The third-order valence-corrected chi connectivity index (χ3v) is 27.6. The van der Waals surface area contributed by atoms with Crippen molar-refractivity contribution in [3.63, 3.8) is 0 Å². The fraction of sp³-hybridized carbons (Fsp3) is 0.0217. The Balaban J connectivity index is 0.000000180. The number of rotatable bonds is 14. The Morgan fingerprint density at radius 2 is 0.333 bits per heavy atom. The van der Waals surface area contributed by atoms with E-state index in [4.69, 9.17) is 19.8 Å².